The molecule has 4 N–H and O–H groups in total. The van der Waals surface area contributed by atoms with Crippen LogP contribution in [0.25, 0.3) is 0 Å². The van der Waals surface area contributed by atoms with Gasteiger partial charge in [-0.05, 0) is 41.9 Å². The van der Waals surface area contributed by atoms with Crippen LogP contribution in [0.1, 0.15) is 48.0 Å². The van der Waals surface area contributed by atoms with Crippen LogP contribution in [-0.2, 0) is 19.2 Å². The molecule has 0 heterocycles. The summed E-state index contributed by atoms with van der Waals surface area (Å²) in [7, 11) is 0. The molecule has 0 aromatic rings. The van der Waals surface area contributed by atoms with E-state index in [1.54, 1.807) is 13.8 Å². The quantitative estimate of drug-likeness (QED) is 0.465. The highest BCUT2D eigenvalue weighted by atomic mass is 16.4. The van der Waals surface area contributed by atoms with E-state index in [1.165, 1.54) is 27.7 Å². The molecule has 0 saturated heterocycles. The molecule has 1 aliphatic carbocycles. The maximum absolute atomic E-state index is 12.3. The van der Waals surface area contributed by atoms with Gasteiger partial charge >= 0.3 is 23.9 Å². The summed E-state index contributed by atoms with van der Waals surface area (Å²) in [5, 5.41) is 39.8. The second-order valence-electron chi connectivity index (χ2n) is 8.51. The van der Waals surface area contributed by atoms with E-state index in [9.17, 15) is 39.6 Å². The van der Waals surface area contributed by atoms with Crippen molar-refractivity contribution in [3.05, 3.63) is 0 Å². The first-order valence-electron chi connectivity index (χ1n) is 9.15. The van der Waals surface area contributed by atoms with Gasteiger partial charge in [0.15, 0.2) is 10.8 Å². The first-order valence-corrected chi connectivity index (χ1v) is 9.15. The Balaban J connectivity index is 3.94. The molecule has 0 aliphatic heterocycles. The summed E-state index contributed by atoms with van der Waals surface area (Å²) in [5.41, 5.74) is -4.56. The third kappa shape index (κ3) is 2.99. The first-order chi connectivity index (χ1) is 12.2. The fourth-order valence-electron chi connectivity index (χ4n) is 5.56. The predicted octanol–water partition coefficient (Wildman–Crippen LogP) is 2.52. The number of rotatable bonds is 8. The Hall–Kier alpha value is -2.12. The SMILES string of the molecule is CC1CC(C)C(C(C(=O)O)(C(=O)O)C(C)C)C1C(C(=O)O)(C(=O)O)C(C)C. The van der Waals surface area contributed by atoms with E-state index in [0.29, 0.717) is 6.42 Å². The monoisotopic (exact) mass is 386 g/mol. The van der Waals surface area contributed by atoms with Crippen molar-refractivity contribution in [2.75, 3.05) is 0 Å². The van der Waals surface area contributed by atoms with Crippen molar-refractivity contribution in [2.24, 2.45) is 46.3 Å². The second-order valence-corrected chi connectivity index (χ2v) is 8.51. The number of hydrogen-bond acceptors (Lipinski definition) is 4. The van der Waals surface area contributed by atoms with Crippen LogP contribution in [0, 0.1) is 46.3 Å². The molecule has 0 bridgehead atoms. The van der Waals surface area contributed by atoms with Gasteiger partial charge in [0.1, 0.15) is 0 Å². The number of hydrogen-bond donors (Lipinski definition) is 4. The summed E-state index contributed by atoms with van der Waals surface area (Å²) in [6.45, 7) is 9.22. The minimum Gasteiger partial charge on any atom is -0.480 e. The second kappa shape index (κ2) is 7.48. The Morgan fingerprint density at radius 3 is 1.04 bits per heavy atom. The summed E-state index contributed by atoms with van der Waals surface area (Å²) < 4.78 is 0. The molecule has 0 aromatic carbocycles. The lowest BCUT2D eigenvalue weighted by molar-refractivity contribution is -0.192. The van der Waals surface area contributed by atoms with Crippen LogP contribution in [0.15, 0.2) is 0 Å². The van der Waals surface area contributed by atoms with Gasteiger partial charge in [-0.2, -0.15) is 0 Å². The van der Waals surface area contributed by atoms with Gasteiger partial charge in [-0.15, -0.1) is 0 Å². The number of carbonyl (C=O) groups is 4. The zero-order valence-electron chi connectivity index (χ0n) is 16.6. The maximum atomic E-state index is 12.3. The zero-order chi connectivity index (χ0) is 21.5. The Morgan fingerprint density at radius 1 is 0.667 bits per heavy atom. The van der Waals surface area contributed by atoms with Gasteiger partial charge in [0.05, 0.1) is 0 Å². The first kappa shape index (κ1) is 22.9. The third-order valence-corrected chi connectivity index (χ3v) is 6.65. The van der Waals surface area contributed by atoms with Crippen LogP contribution < -0.4 is 0 Å². The van der Waals surface area contributed by atoms with Crippen molar-refractivity contribution >= 4 is 23.9 Å². The highest BCUT2D eigenvalue weighted by Gasteiger charge is 2.69. The molecule has 1 rings (SSSR count). The summed E-state index contributed by atoms with van der Waals surface area (Å²) >= 11 is 0. The van der Waals surface area contributed by atoms with Crippen LogP contribution >= 0.6 is 0 Å². The summed E-state index contributed by atoms with van der Waals surface area (Å²) in [4.78, 5) is 49.0. The fourth-order valence-corrected chi connectivity index (χ4v) is 5.56. The molecular formula is C19H30O8. The van der Waals surface area contributed by atoms with Gasteiger partial charge < -0.3 is 20.4 Å². The van der Waals surface area contributed by atoms with Gasteiger partial charge in [0.2, 0.25) is 0 Å². The number of carboxylic acid groups (broad SMARTS) is 4. The molecule has 0 aromatic heterocycles. The van der Waals surface area contributed by atoms with Gasteiger partial charge in [-0.25, -0.2) is 0 Å². The van der Waals surface area contributed by atoms with Crippen molar-refractivity contribution < 1.29 is 39.6 Å². The number of aliphatic carboxylic acids is 4. The van der Waals surface area contributed by atoms with Crippen molar-refractivity contribution in [3.63, 3.8) is 0 Å². The topological polar surface area (TPSA) is 149 Å². The summed E-state index contributed by atoms with van der Waals surface area (Å²) in [6, 6.07) is 0. The molecule has 0 radical (unpaired) electrons. The van der Waals surface area contributed by atoms with E-state index >= 15 is 0 Å². The molecule has 154 valence electrons. The fraction of sp³-hybridized carbons (Fsp3) is 0.789. The Labute approximate surface area is 158 Å². The van der Waals surface area contributed by atoms with Gasteiger partial charge in [0, 0.05) is 0 Å². The molecule has 8 nitrogen and oxygen atoms in total. The van der Waals surface area contributed by atoms with E-state index in [2.05, 4.69) is 0 Å². The lowest BCUT2D eigenvalue weighted by Crippen LogP contribution is -2.60. The van der Waals surface area contributed by atoms with E-state index < -0.39 is 70.2 Å². The normalized spacial score (nSPS) is 26.4. The van der Waals surface area contributed by atoms with Crippen molar-refractivity contribution in [1.29, 1.82) is 0 Å². The van der Waals surface area contributed by atoms with Crippen molar-refractivity contribution in [3.8, 4) is 0 Å². The molecule has 1 saturated carbocycles. The highest BCUT2D eigenvalue weighted by Crippen LogP contribution is 2.60. The van der Waals surface area contributed by atoms with Crippen LogP contribution in [0.2, 0.25) is 0 Å². The molecular weight excluding hydrogens is 356 g/mol. The molecule has 27 heavy (non-hydrogen) atoms. The average Bonchev–Trinajstić information content (AvgIpc) is 2.74. The molecule has 1 aliphatic rings. The van der Waals surface area contributed by atoms with Crippen LogP contribution in [-0.4, -0.2) is 44.3 Å². The van der Waals surface area contributed by atoms with Crippen LogP contribution in [0.3, 0.4) is 0 Å². The minimum absolute atomic E-state index is 0.361. The van der Waals surface area contributed by atoms with E-state index in [1.807, 2.05) is 0 Å². The Kier molecular flexibility index (Phi) is 6.35. The van der Waals surface area contributed by atoms with Crippen LogP contribution in [0.5, 0.6) is 0 Å². The Morgan fingerprint density at radius 2 is 0.889 bits per heavy atom. The van der Waals surface area contributed by atoms with Gasteiger partial charge in [0.25, 0.3) is 0 Å². The molecule has 1 fully saturated rings. The Bertz CT molecular complexity index is 554. The molecule has 8 heteroatoms. The van der Waals surface area contributed by atoms with Crippen molar-refractivity contribution in [2.45, 2.75) is 48.0 Å². The van der Waals surface area contributed by atoms with Crippen molar-refractivity contribution in [1.82, 2.24) is 0 Å². The summed E-state index contributed by atoms with van der Waals surface area (Å²) in [5.74, 6) is -11.2. The van der Waals surface area contributed by atoms with Gasteiger partial charge in [-0.3, -0.25) is 19.2 Å². The maximum Gasteiger partial charge on any atom is 0.321 e. The standard InChI is InChI=1S/C19H30O8/c1-8(2)18(14(20)21,15(22)23)12-10(5)7-11(6)13(12)19(9(3)4,16(24)25)17(26)27/h8-13H,7H2,1-6H3,(H,20,21)(H,22,23)(H,24,25)(H,26,27). The predicted molar refractivity (Wildman–Crippen MR) is 95.0 cm³/mol. The molecule has 4 unspecified atom stereocenters. The third-order valence-electron chi connectivity index (χ3n) is 6.65. The lowest BCUT2D eigenvalue weighted by atomic mass is 9.53. The summed E-state index contributed by atoms with van der Waals surface area (Å²) in [6.07, 6.45) is 0.361. The number of carboxylic acids is 4. The van der Waals surface area contributed by atoms with E-state index in [0.717, 1.165) is 0 Å². The van der Waals surface area contributed by atoms with Gasteiger partial charge in [-0.1, -0.05) is 41.5 Å². The molecule has 0 spiro atoms. The largest absolute Gasteiger partial charge is 0.480 e. The minimum atomic E-state index is -2.28. The zero-order valence-corrected chi connectivity index (χ0v) is 16.6. The smallest absolute Gasteiger partial charge is 0.321 e. The average molecular weight is 386 g/mol. The van der Waals surface area contributed by atoms with Crippen LogP contribution in [0.4, 0.5) is 0 Å². The molecule has 0 amide bonds. The molecule has 4 atom stereocenters. The lowest BCUT2D eigenvalue weighted by Gasteiger charge is -2.46. The van der Waals surface area contributed by atoms with E-state index in [4.69, 9.17) is 0 Å². The van der Waals surface area contributed by atoms with E-state index in [-0.39, 0.29) is 0 Å². The highest BCUT2D eigenvalue weighted by molar-refractivity contribution is 6.01.